The number of amides is 2. The third-order valence-corrected chi connectivity index (χ3v) is 7.16. The first-order chi connectivity index (χ1) is 15.5. The minimum atomic E-state index is -0.563. The van der Waals surface area contributed by atoms with E-state index in [0.29, 0.717) is 41.5 Å². The molecule has 1 aliphatic heterocycles. The van der Waals surface area contributed by atoms with Gasteiger partial charge in [0.1, 0.15) is 11.1 Å². The van der Waals surface area contributed by atoms with Crippen LogP contribution in [-0.4, -0.2) is 34.3 Å². The molecular weight excluding hydrogens is 450 g/mol. The van der Waals surface area contributed by atoms with Gasteiger partial charge in [0.25, 0.3) is 5.03 Å². The number of anilines is 1. The lowest BCUT2D eigenvalue weighted by molar-refractivity contribution is -0.705. The molecule has 11 heteroatoms. The molecule has 1 aromatic carbocycles. The normalized spacial score (nSPS) is 12.8. The van der Waals surface area contributed by atoms with Crippen molar-refractivity contribution in [2.24, 2.45) is 0 Å². The number of hydrogen-bond acceptors (Lipinski definition) is 8. The van der Waals surface area contributed by atoms with E-state index in [1.807, 2.05) is 18.2 Å². The molecule has 0 unspecified atom stereocenters. The number of thioether (sulfide) groups is 1. The maximum atomic E-state index is 12.5. The lowest BCUT2D eigenvalue weighted by Crippen LogP contribution is -2.34. The van der Waals surface area contributed by atoms with Gasteiger partial charge in [0, 0.05) is 42.7 Å². The molecule has 0 aliphatic carbocycles. The van der Waals surface area contributed by atoms with E-state index in [4.69, 9.17) is 4.52 Å². The van der Waals surface area contributed by atoms with Gasteiger partial charge >= 0.3 is 0 Å². The van der Waals surface area contributed by atoms with E-state index in [0.717, 1.165) is 10.4 Å². The average molecular weight is 470 g/mol. The molecule has 9 nitrogen and oxygen atoms in total. The van der Waals surface area contributed by atoms with Gasteiger partial charge < -0.3 is 19.8 Å². The molecule has 0 fully saturated rings. The fraction of sp³-hybridized carbons (Fsp3) is 0.286. The Morgan fingerprint density at radius 2 is 2.19 bits per heavy atom. The number of nitrogens with one attached hydrogen (secondary N) is 1. The zero-order valence-corrected chi connectivity index (χ0v) is 18.8. The third kappa shape index (κ3) is 4.46. The second kappa shape index (κ2) is 9.42. The van der Waals surface area contributed by atoms with Crippen molar-refractivity contribution in [1.82, 2.24) is 10.2 Å². The highest BCUT2D eigenvalue weighted by Gasteiger charge is 2.26. The number of fused-ring (bicyclic) bond motifs is 1. The summed E-state index contributed by atoms with van der Waals surface area (Å²) < 4.78 is 6.19. The Hall–Kier alpha value is -3.36. The number of benzene rings is 1. The fourth-order valence-electron chi connectivity index (χ4n) is 3.40. The quantitative estimate of drug-likeness (QED) is 0.432. The van der Waals surface area contributed by atoms with Crippen LogP contribution in [0.25, 0.3) is 5.69 Å². The van der Waals surface area contributed by atoms with Crippen LogP contribution in [0.2, 0.25) is 0 Å². The summed E-state index contributed by atoms with van der Waals surface area (Å²) in [5, 5.41) is 29.0. The van der Waals surface area contributed by atoms with Gasteiger partial charge in [0.15, 0.2) is 5.95 Å². The summed E-state index contributed by atoms with van der Waals surface area (Å²) >= 11 is 2.52. The third-order valence-electron chi connectivity index (χ3n) is 5.01. The monoisotopic (exact) mass is 469 g/mol. The summed E-state index contributed by atoms with van der Waals surface area (Å²) in [5.74, 6) is -0.497. The Kier molecular flexibility index (Phi) is 6.43. The summed E-state index contributed by atoms with van der Waals surface area (Å²) in [6, 6.07) is 11.3. The zero-order valence-electron chi connectivity index (χ0n) is 17.2. The number of aromatic nitrogens is 2. The Labute approximate surface area is 192 Å². The van der Waals surface area contributed by atoms with Crippen LogP contribution in [0.4, 0.5) is 5.00 Å². The van der Waals surface area contributed by atoms with Crippen LogP contribution in [0, 0.1) is 11.3 Å². The van der Waals surface area contributed by atoms with E-state index in [1.165, 1.54) is 34.7 Å². The van der Waals surface area contributed by atoms with Gasteiger partial charge in [-0.05, 0) is 16.7 Å². The highest BCUT2D eigenvalue weighted by molar-refractivity contribution is 7.99. The van der Waals surface area contributed by atoms with Gasteiger partial charge in [0.05, 0.1) is 17.4 Å². The summed E-state index contributed by atoms with van der Waals surface area (Å²) in [5.41, 5.74) is 2.06. The maximum Gasteiger partial charge on any atom is 0.297 e. The molecule has 0 bridgehead atoms. The number of rotatable bonds is 6. The largest absolute Gasteiger partial charge is 0.538 e. The summed E-state index contributed by atoms with van der Waals surface area (Å²) in [6.07, 6.45) is 0.733. The molecule has 4 rings (SSSR count). The second-order valence-corrected chi connectivity index (χ2v) is 9.26. The number of nitriles is 1. The summed E-state index contributed by atoms with van der Waals surface area (Å²) in [6.45, 7) is 2.54. The number of carbonyl (C=O) groups excluding carboxylic acids is 2. The Bertz CT molecular complexity index is 1200. The van der Waals surface area contributed by atoms with Gasteiger partial charge in [-0.1, -0.05) is 30.0 Å². The van der Waals surface area contributed by atoms with E-state index < -0.39 is 5.95 Å². The van der Waals surface area contributed by atoms with Gasteiger partial charge in [-0.2, -0.15) is 5.26 Å². The molecule has 32 heavy (non-hydrogen) atoms. The molecule has 0 saturated heterocycles. The second-order valence-electron chi connectivity index (χ2n) is 7.07. The molecule has 1 aliphatic rings. The first-order valence-corrected chi connectivity index (χ1v) is 11.7. The molecular formula is C21H19N5O4S2. The standard InChI is InChI=1S/C21H19N5O4S2/c1-13(27)25-9-7-15-16(11-22)19(32-17(15)12-25)23-18(28)8-10-31-20-21(29)30-24-26(20)14-5-3-2-4-6-14/h2-6H,7-10,12H2,1H3,(H-,23,24,28,29). The van der Waals surface area contributed by atoms with Crippen LogP contribution in [0.15, 0.2) is 39.9 Å². The Balaban J connectivity index is 1.40. The Morgan fingerprint density at radius 3 is 2.91 bits per heavy atom. The van der Waals surface area contributed by atoms with E-state index in [-0.39, 0.29) is 23.3 Å². The fourth-order valence-corrected chi connectivity index (χ4v) is 5.53. The smallest absolute Gasteiger partial charge is 0.297 e. The molecule has 3 aromatic rings. The van der Waals surface area contributed by atoms with Crippen LogP contribution in [0.1, 0.15) is 29.3 Å². The van der Waals surface area contributed by atoms with Crippen molar-refractivity contribution >= 4 is 39.9 Å². The number of hydrogen-bond donors (Lipinski definition) is 1. The van der Waals surface area contributed by atoms with E-state index >= 15 is 0 Å². The van der Waals surface area contributed by atoms with E-state index in [1.54, 1.807) is 17.0 Å². The lowest BCUT2D eigenvalue weighted by atomic mass is 10.0. The van der Waals surface area contributed by atoms with Crippen molar-refractivity contribution in [3.63, 3.8) is 0 Å². The average Bonchev–Trinajstić information content (AvgIpc) is 3.33. The minimum Gasteiger partial charge on any atom is -0.538 e. The van der Waals surface area contributed by atoms with Gasteiger partial charge in [-0.25, -0.2) is 0 Å². The number of carbonyl (C=O) groups is 2. The Morgan fingerprint density at radius 1 is 1.41 bits per heavy atom. The predicted octanol–water partition coefficient (Wildman–Crippen LogP) is 1.98. The molecule has 0 radical (unpaired) electrons. The van der Waals surface area contributed by atoms with Crippen LogP contribution in [0.3, 0.4) is 0 Å². The molecule has 3 heterocycles. The van der Waals surface area contributed by atoms with Crippen LogP contribution in [0.5, 0.6) is 5.95 Å². The van der Waals surface area contributed by atoms with Crippen molar-refractivity contribution in [2.75, 3.05) is 17.6 Å². The molecule has 2 amide bonds. The molecule has 0 saturated carbocycles. The molecule has 0 atom stereocenters. The van der Waals surface area contributed by atoms with Gasteiger partial charge in [-0.15, -0.1) is 11.3 Å². The van der Waals surface area contributed by atoms with Gasteiger partial charge in [-0.3, -0.25) is 9.59 Å². The number of nitrogens with zero attached hydrogens (tertiary/aromatic N) is 4. The molecule has 0 spiro atoms. The number of thiophene rings is 1. The van der Waals surface area contributed by atoms with Crippen molar-refractivity contribution < 1.29 is 23.9 Å². The van der Waals surface area contributed by atoms with Gasteiger partial charge in [0.2, 0.25) is 17.5 Å². The van der Waals surface area contributed by atoms with E-state index in [9.17, 15) is 20.0 Å². The molecule has 1 N–H and O–H groups in total. The van der Waals surface area contributed by atoms with Crippen LogP contribution < -0.4 is 15.1 Å². The van der Waals surface area contributed by atoms with Crippen LogP contribution >= 0.6 is 23.1 Å². The first kappa shape index (κ1) is 21.9. The highest BCUT2D eigenvalue weighted by Crippen LogP contribution is 2.36. The van der Waals surface area contributed by atoms with Crippen molar-refractivity contribution in [2.45, 2.75) is 31.3 Å². The summed E-state index contributed by atoms with van der Waals surface area (Å²) in [7, 11) is 0. The SMILES string of the molecule is CC(=O)N1CCc2c(sc(NC(=O)CCSc3c([O-])on[n+]3-c3ccccc3)c2C#N)C1. The minimum absolute atomic E-state index is 0.00983. The lowest BCUT2D eigenvalue weighted by Gasteiger charge is -2.25. The van der Waals surface area contributed by atoms with Crippen molar-refractivity contribution in [1.29, 1.82) is 5.26 Å². The first-order valence-electron chi connectivity index (χ1n) is 9.85. The van der Waals surface area contributed by atoms with E-state index in [2.05, 4.69) is 16.7 Å². The zero-order chi connectivity index (χ0) is 22.7. The molecule has 2 aromatic heterocycles. The van der Waals surface area contributed by atoms with Crippen molar-refractivity contribution in [3.8, 4) is 17.7 Å². The topological polar surface area (TPSA) is 126 Å². The highest BCUT2D eigenvalue weighted by atomic mass is 32.2. The number of para-hydroxylation sites is 1. The summed E-state index contributed by atoms with van der Waals surface area (Å²) in [4.78, 5) is 26.8. The molecule has 164 valence electrons. The van der Waals surface area contributed by atoms with Crippen LogP contribution in [-0.2, 0) is 22.6 Å². The predicted molar refractivity (Wildman–Crippen MR) is 115 cm³/mol. The maximum absolute atomic E-state index is 12.5. The van der Waals surface area contributed by atoms with Crippen molar-refractivity contribution in [3.05, 3.63) is 46.3 Å².